The van der Waals surface area contributed by atoms with Gasteiger partial charge in [-0.2, -0.15) is 0 Å². The van der Waals surface area contributed by atoms with Crippen molar-refractivity contribution in [1.82, 2.24) is 0 Å². The van der Waals surface area contributed by atoms with Gasteiger partial charge in [0.25, 0.3) is 0 Å². The van der Waals surface area contributed by atoms with Gasteiger partial charge in [0.2, 0.25) is 5.91 Å². The number of ketones is 1. The molecule has 7 heteroatoms. The number of nitrogens with zero attached hydrogens (tertiary/aromatic N) is 1. The van der Waals surface area contributed by atoms with E-state index in [0.717, 1.165) is 16.3 Å². The van der Waals surface area contributed by atoms with Crippen LogP contribution in [0.1, 0.15) is 10.4 Å². The van der Waals surface area contributed by atoms with Gasteiger partial charge in [0.1, 0.15) is 6.54 Å². The third-order valence-corrected chi connectivity index (χ3v) is 4.53. The summed E-state index contributed by atoms with van der Waals surface area (Å²) in [6.45, 7) is -0.647. The molecule has 0 bridgehead atoms. The molecule has 3 rings (SSSR count). The number of hydrogen-bond acceptors (Lipinski definition) is 5. The third kappa shape index (κ3) is 6.17. The Labute approximate surface area is 180 Å². The summed E-state index contributed by atoms with van der Waals surface area (Å²) in [6, 6.07) is 24.9. The summed E-state index contributed by atoms with van der Waals surface area (Å²) in [7, 11) is 0. The summed E-state index contributed by atoms with van der Waals surface area (Å²) in [4.78, 5) is 38.3. The fraction of sp³-hybridized carbons (Fsp3) is 0.125. The first-order valence-electron chi connectivity index (χ1n) is 9.77. The first-order chi connectivity index (χ1) is 15.0. The molecule has 158 valence electrons. The molecule has 3 aromatic carbocycles. The van der Waals surface area contributed by atoms with Crippen molar-refractivity contribution in [3.63, 3.8) is 0 Å². The molecule has 3 N–H and O–H groups in total. The van der Waals surface area contributed by atoms with E-state index in [1.165, 1.54) is 0 Å². The van der Waals surface area contributed by atoms with Crippen LogP contribution in [0.15, 0.2) is 84.9 Å². The zero-order valence-electron chi connectivity index (χ0n) is 16.8. The molecule has 0 heterocycles. The maximum atomic E-state index is 12.9. The van der Waals surface area contributed by atoms with E-state index >= 15 is 0 Å². The summed E-state index contributed by atoms with van der Waals surface area (Å²) in [6.07, 6.45) is 0. The molecule has 0 unspecified atom stereocenters. The van der Waals surface area contributed by atoms with Crippen LogP contribution in [0.2, 0.25) is 0 Å². The van der Waals surface area contributed by atoms with Crippen LogP contribution >= 0.6 is 0 Å². The summed E-state index contributed by atoms with van der Waals surface area (Å²) in [5.41, 5.74) is 2.08. The molecular formula is C24H23N3O4. The molecule has 0 saturated heterocycles. The lowest BCUT2D eigenvalue weighted by Crippen LogP contribution is -2.40. The van der Waals surface area contributed by atoms with Crippen LogP contribution in [-0.2, 0) is 9.59 Å². The summed E-state index contributed by atoms with van der Waals surface area (Å²) >= 11 is 0. The Bertz CT molecular complexity index is 1040. The summed E-state index contributed by atoms with van der Waals surface area (Å²) in [5.74, 6) is -1.88. The topological polar surface area (TPSA) is 98.7 Å². The lowest BCUT2D eigenvalue weighted by atomic mass is 10.1. The molecule has 0 atom stereocenters. The number of hydrogen-bond donors (Lipinski definition) is 3. The molecule has 3 aromatic rings. The molecule has 7 nitrogen and oxygen atoms in total. The Hall–Kier alpha value is -4.13. The highest BCUT2D eigenvalue weighted by Gasteiger charge is 2.23. The van der Waals surface area contributed by atoms with Crippen LogP contribution < -0.4 is 15.5 Å². The smallest absolute Gasteiger partial charge is 0.323 e. The predicted octanol–water partition coefficient (Wildman–Crippen LogP) is 3.51. The normalized spacial score (nSPS) is 10.2. The molecular weight excluding hydrogens is 394 g/mol. The van der Waals surface area contributed by atoms with E-state index in [9.17, 15) is 19.5 Å². The number of carboxylic acids is 1. The molecule has 0 saturated carbocycles. The lowest BCUT2D eigenvalue weighted by Gasteiger charge is -2.24. The van der Waals surface area contributed by atoms with Gasteiger partial charge in [-0.1, -0.05) is 48.5 Å². The quantitative estimate of drug-likeness (QED) is 0.437. The van der Waals surface area contributed by atoms with Crippen molar-refractivity contribution in [2.24, 2.45) is 0 Å². The lowest BCUT2D eigenvalue weighted by molar-refractivity contribution is -0.136. The molecule has 0 spiro atoms. The minimum Gasteiger partial charge on any atom is -0.480 e. The van der Waals surface area contributed by atoms with E-state index in [4.69, 9.17) is 0 Å². The van der Waals surface area contributed by atoms with Gasteiger partial charge in [0.05, 0.1) is 18.8 Å². The van der Waals surface area contributed by atoms with E-state index < -0.39 is 18.4 Å². The number of para-hydroxylation sites is 3. The molecule has 0 aliphatic carbocycles. The Morgan fingerprint density at radius 1 is 0.710 bits per heavy atom. The minimum atomic E-state index is -1.17. The van der Waals surface area contributed by atoms with Crippen molar-refractivity contribution in [2.75, 3.05) is 35.2 Å². The maximum absolute atomic E-state index is 12.9. The molecule has 0 aromatic heterocycles. The number of carbonyl (C=O) groups is 3. The van der Waals surface area contributed by atoms with Crippen LogP contribution in [0.25, 0.3) is 0 Å². The van der Waals surface area contributed by atoms with Gasteiger partial charge in [-0.15, -0.1) is 0 Å². The highest BCUT2D eigenvalue weighted by molar-refractivity contribution is 6.09. The summed E-state index contributed by atoms with van der Waals surface area (Å²) < 4.78 is 0. The average molecular weight is 417 g/mol. The fourth-order valence-corrected chi connectivity index (χ4v) is 3.05. The summed E-state index contributed by atoms with van der Waals surface area (Å²) in [5, 5.41) is 15.4. The molecule has 0 fully saturated rings. The second-order valence-corrected chi connectivity index (χ2v) is 6.75. The standard InChI is InChI=1S/C24H23N3O4/c28-22(15-25-18-9-3-1-4-10-18)20-13-7-8-14-21(20)27(17-24(30)31)23(29)16-26-19-11-5-2-6-12-19/h1-14,25-26H,15-17H2,(H,30,31). The zero-order valence-corrected chi connectivity index (χ0v) is 16.8. The Balaban J connectivity index is 1.78. The molecule has 0 aliphatic rings. The average Bonchev–Trinajstić information content (AvgIpc) is 2.80. The van der Waals surface area contributed by atoms with E-state index in [0.29, 0.717) is 0 Å². The molecule has 0 aliphatic heterocycles. The highest BCUT2D eigenvalue weighted by Crippen LogP contribution is 2.22. The number of nitrogens with one attached hydrogen (secondary N) is 2. The van der Waals surface area contributed by atoms with Crippen molar-refractivity contribution in [1.29, 1.82) is 0 Å². The van der Waals surface area contributed by atoms with Gasteiger partial charge in [-0.3, -0.25) is 19.3 Å². The largest absolute Gasteiger partial charge is 0.480 e. The molecule has 0 radical (unpaired) electrons. The van der Waals surface area contributed by atoms with Gasteiger partial charge in [-0.05, 0) is 36.4 Å². The number of rotatable bonds is 10. The number of anilines is 3. The van der Waals surface area contributed by atoms with Crippen LogP contribution in [0.4, 0.5) is 17.1 Å². The Morgan fingerprint density at radius 3 is 1.81 bits per heavy atom. The van der Waals surface area contributed by atoms with Crippen molar-refractivity contribution < 1.29 is 19.5 Å². The second-order valence-electron chi connectivity index (χ2n) is 6.75. The second kappa shape index (κ2) is 10.6. The van der Waals surface area contributed by atoms with Crippen LogP contribution in [0.5, 0.6) is 0 Å². The SMILES string of the molecule is O=C(O)CN(C(=O)CNc1ccccc1)c1ccccc1C(=O)CNc1ccccc1. The number of aliphatic carboxylic acids is 1. The van der Waals surface area contributed by atoms with Gasteiger partial charge in [-0.25, -0.2) is 0 Å². The van der Waals surface area contributed by atoms with Gasteiger partial charge in [0.15, 0.2) is 5.78 Å². The van der Waals surface area contributed by atoms with E-state index in [1.807, 2.05) is 60.7 Å². The van der Waals surface area contributed by atoms with Gasteiger partial charge >= 0.3 is 5.97 Å². The van der Waals surface area contributed by atoms with Crippen molar-refractivity contribution in [3.8, 4) is 0 Å². The third-order valence-electron chi connectivity index (χ3n) is 4.53. The van der Waals surface area contributed by atoms with E-state index in [1.54, 1.807) is 24.3 Å². The maximum Gasteiger partial charge on any atom is 0.323 e. The van der Waals surface area contributed by atoms with Crippen LogP contribution in [0.3, 0.4) is 0 Å². The highest BCUT2D eigenvalue weighted by atomic mass is 16.4. The number of benzene rings is 3. The monoisotopic (exact) mass is 417 g/mol. The van der Waals surface area contributed by atoms with E-state index in [2.05, 4.69) is 10.6 Å². The Kier molecular flexibility index (Phi) is 7.37. The van der Waals surface area contributed by atoms with Crippen molar-refractivity contribution >= 4 is 34.7 Å². The van der Waals surface area contributed by atoms with Crippen molar-refractivity contribution in [2.45, 2.75) is 0 Å². The number of carbonyl (C=O) groups excluding carboxylic acids is 2. The minimum absolute atomic E-state index is 0.0123. The fourth-order valence-electron chi connectivity index (χ4n) is 3.05. The molecule has 31 heavy (non-hydrogen) atoms. The van der Waals surface area contributed by atoms with Gasteiger partial charge in [0, 0.05) is 16.9 Å². The zero-order chi connectivity index (χ0) is 22.1. The Morgan fingerprint density at radius 2 is 1.23 bits per heavy atom. The molecule has 1 amide bonds. The number of Topliss-reactive ketones (excluding diaryl/α,β-unsaturated/α-hetero) is 1. The first kappa shape index (κ1) is 21.6. The number of amides is 1. The van der Waals surface area contributed by atoms with Crippen molar-refractivity contribution in [3.05, 3.63) is 90.5 Å². The number of carboxylic acid groups (broad SMARTS) is 1. The predicted molar refractivity (Wildman–Crippen MR) is 121 cm³/mol. The van der Waals surface area contributed by atoms with Gasteiger partial charge < -0.3 is 15.7 Å². The van der Waals surface area contributed by atoms with E-state index in [-0.39, 0.29) is 30.1 Å². The van der Waals surface area contributed by atoms with Crippen LogP contribution in [0, 0.1) is 0 Å². The van der Waals surface area contributed by atoms with Crippen LogP contribution in [-0.4, -0.2) is 42.4 Å². The first-order valence-corrected chi connectivity index (χ1v) is 9.77.